The molecule has 0 amide bonds. The van der Waals surface area contributed by atoms with Crippen LogP contribution < -0.4 is 15.2 Å². The van der Waals surface area contributed by atoms with Crippen LogP contribution in [0.5, 0.6) is 11.5 Å². The molecule has 0 fully saturated rings. The third kappa shape index (κ3) is 3.74. The largest absolute Gasteiger partial charge is 0.497 e. The van der Waals surface area contributed by atoms with Gasteiger partial charge in [0.15, 0.2) is 0 Å². The molecule has 5 heteroatoms. The maximum atomic E-state index is 14.0. The summed E-state index contributed by atoms with van der Waals surface area (Å²) in [5.41, 5.74) is 7.59. The number of methoxy groups -OCH3 is 2. The first kappa shape index (κ1) is 15.8. The van der Waals surface area contributed by atoms with Crippen LogP contribution in [0.1, 0.15) is 17.2 Å². The lowest BCUT2D eigenvalue weighted by Crippen LogP contribution is -2.15. The van der Waals surface area contributed by atoms with Crippen LogP contribution in [0.25, 0.3) is 0 Å². The molecule has 0 aliphatic heterocycles. The van der Waals surface area contributed by atoms with E-state index < -0.39 is 6.04 Å². The van der Waals surface area contributed by atoms with Gasteiger partial charge in [0.05, 0.1) is 18.7 Å². The van der Waals surface area contributed by atoms with E-state index in [0.29, 0.717) is 17.7 Å². The molecular formula is C16H17BrFNO2. The van der Waals surface area contributed by atoms with Crippen LogP contribution in [0, 0.1) is 5.82 Å². The molecule has 0 aliphatic rings. The molecule has 0 bridgehead atoms. The fourth-order valence-electron chi connectivity index (χ4n) is 2.14. The summed E-state index contributed by atoms with van der Waals surface area (Å²) in [5, 5.41) is 0. The van der Waals surface area contributed by atoms with Crippen LogP contribution in [0.4, 0.5) is 4.39 Å². The van der Waals surface area contributed by atoms with Crippen molar-refractivity contribution in [3.8, 4) is 11.5 Å². The normalized spacial score (nSPS) is 12.0. The summed E-state index contributed by atoms with van der Waals surface area (Å²) < 4.78 is 25.0. The Labute approximate surface area is 132 Å². The van der Waals surface area contributed by atoms with E-state index in [1.807, 2.05) is 18.2 Å². The minimum absolute atomic E-state index is 0.352. The number of halogens is 2. The van der Waals surface area contributed by atoms with E-state index in [1.165, 1.54) is 13.2 Å². The second kappa shape index (κ2) is 6.91. The van der Waals surface area contributed by atoms with Crippen molar-refractivity contribution in [2.45, 2.75) is 12.5 Å². The zero-order chi connectivity index (χ0) is 15.4. The van der Waals surface area contributed by atoms with Gasteiger partial charge >= 0.3 is 0 Å². The van der Waals surface area contributed by atoms with Gasteiger partial charge in [-0.05, 0) is 46.1 Å². The molecule has 0 aromatic heterocycles. The van der Waals surface area contributed by atoms with Crippen molar-refractivity contribution in [2.75, 3.05) is 14.2 Å². The van der Waals surface area contributed by atoms with Gasteiger partial charge in [0.2, 0.25) is 0 Å². The second-order valence-corrected chi connectivity index (χ2v) is 5.52. The molecule has 0 saturated carbocycles. The Balaban J connectivity index is 2.17. The highest BCUT2D eigenvalue weighted by Gasteiger charge is 2.14. The molecule has 0 heterocycles. The highest BCUT2D eigenvalue weighted by molar-refractivity contribution is 9.10. The predicted molar refractivity (Wildman–Crippen MR) is 84.3 cm³/mol. The average Bonchev–Trinajstić information content (AvgIpc) is 2.47. The van der Waals surface area contributed by atoms with Gasteiger partial charge in [-0.2, -0.15) is 0 Å². The van der Waals surface area contributed by atoms with E-state index >= 15 is 0 Å². The fourth-order valence-corrected chi connectivity index (χ4v) is 2.72. The van der Waals surface area contributed by atoms with Crippen molar-refractivity contribution >= 4 is 15.9 Å². The first-order chi connectivity index (χ1) is 10.0. The Morgan fingerprint density at radius 1 is 1.14 bits per heavy atom. The molecule has 2 aromatic carbocycles. The third-order valence-electron chi connectivity index (χ3n) is 3.28. The Morgan fingerprint density at radius 2 is 1.90 bits per heavy atom. The Morgan fingerprint density at radius 3 is 2.48 bits per heavy atom. The van der Waals surface area contributed by atoms with Crippen molar-refractivity contribution in [1.29, 1.82) is 0 Å². The van der Waals surface area contributed by atoms with E-state index in [2.05, 4.69) is 15.9 Å². The smallest absolute Gasteiger partial charge is 0.133 e. The molecule has 0 aliphatic carbocycles. The van der Waals surface area contributed by atoms with Crippen LogP contribution in [0.15, 0.2) is 40.9 Å². The van der Waals surface area contributed by atoms with Gasteiger partial charge in [0.25, 0.3) is 0 Å². The molecule has 0 spiro atoms. The number of nitrogens with two attached hydrogens (primary N) is 1. The van der Waals surface area contributed by atoms with Crippen LogP contribution in [-0.4, -0.2) is 14.2 Å². The summed E-state index contributed by atoms with van der Waals surface area (Å²) in [4.78, 5) is 0. The Bertz CT molecular complexity index is 634. The summed E-state index contributed by atoms with van der Waals surface area (Å²) in [5.74, 6) is 0.882. The van der Waals surface area contributed by atoms with E-state index in [0.717, 1.165) is 15.8 Å². The van der Waals surface area contributed by atoms with E-state index in [4.69, 9.17) is 15.2 Å². The van der Waals surface area contributed by atoms with Crippen molar-refractivity contribution in [1.82, 2.24) is 0 Å². The number of hydrogen-bond acceptors (Lipinski definition) is 3. The summed E-state index contributed by atoms with van der Waals surface area (Å²) in [6, 6.07) is 10.0. The molecular weight excluding hydrogens is 337 g/mol. The lowest BCUT2D eigenvalue weighted by atomic mass is 9.99. The molecule has 1 unspecified atom stereocenters. The number of rotatable bonds is 5. The predicted octanol–water partition coefficient (Wildman–Crippen LogP) is 3.85. The molecule has 2 aromatic rings. The van der Waals surface area contributed by atoms with Gasteiger partial charge < -0.3 is 15.2 Å². The van der Waals surface area contributed by atoms with Crippen LogP contribution >= 0.6 is 15.9 Å². The van der Waals surface area contributed by atoms with E-state index in [-0.39, 0.29) is 5.82 Å². The average molecular weight is 354 g/mol. The molecule has 2 rings (SSSR count). The van der Waals surface area contributed by atoms with Gasteiger partial charge in [0.1, 0.15) is 17.3 Å². The highest BCUT2D eigenvalue weighted by Crippen LogP contribution is 2.28. The van der Waals surface area contributed by atoms with Gasteiger partial charge in [-0.1, -0.05) is 12.1 Å². The summed E-state index contributed by atoms with van der Waals surface area (Å²) in [6.07, 6.45) is 0.534. The van der Waals surface area contributed by atoms with Crippen molar-refractivity contribution < 1.29 is 13.9 Å². The Kier molecular flexibility index (Phi) is 5.20. The fraction of sp³-hybridized carbons (Fsp3) is 0.250. The SMILES string of the molecule is COc1ccc(C(N)Cc2ccc(OC)c(Br)c2)c(F)c1. The van der Waals surface area contributed by atoms with Gasteiger partial charge in [-0.25, -0.2) is 4.39 Å². The van der Waals surface area contributed by atoms with Crippen LogP contribution in [0.3, 0.4) is 0 Å². The second-order valence-electron chi connectivity index (χ2n) is 4.67. The van der Waals surface area contributed by atoms with Crippen molar-refractivity contribution in [2.24, 2.45) is 5.73 Å². The monoisotopic (exact) mass is 353 g/mol. The molecule has 3 nitrogen and oxygen atoms in total. The molecule has 0 saturated heterocycles. The maximum absolute atomic E-state index is 14.0. The molecule has 2 N–H and O–H groups in total. The van der Waals surface area contributed by atoms with Crippen molar-refractivity contribution in [3.63, 3.8) is 0 Å². The summed E-state index contributed by atoms with van der Waals surface area (Å²) >= 11 is 3.43. The first-order valence-electron chi connectivity index (χ1n) is 6.46. The van der Waals surface area contributed by atoms with E-state index in [1.54, 1.807) is 19.2 Å². The number of hydrogen-bond donors (Lipinski definition) is 1. The lowest BCUT2D eigenvalue weighted by molar-refractivity contribution is 0.410. The zero-order valence-electron chi connectivity index (χ0n) is 11.9. The first-order valence-corrected chi connectivity index (χ1v) is 7.26. The van der Waals surface area contributed by atoms with Gasteiger partial charge in [0, 0.05) is 17.7 Å². The maximum Gasteiger partial charge on any atom is 0.133 e. The van der Waals surface area contributed by atoms with Crippen molar-refractivity contribution in [3.05, 3.63) is 57.8 Å². The minimum atomic E-state index is -0.420. The molecule has 1 atom stereocenters. The summed E-state index contributed by atoms with van der Waals surface area (Å²) in [6.45, 7) is 0. The zero-order valence-corrected chi connectivity index (χ0v) is 13.5. The van der Waals surface area contributed by atoms with Gasteiger partial charge in [-0.3, -0.25) is 0 Å². The molecule has 21 heavy (non-hydrogen) atoms. The standard InChI is InChI=1S/C16H17BrFNO2/c1-20-11-4-5-12(14(18)9-11)15(19)8-10-3-6-16(21-2)13(17)7-10/h3-7,9,15H,8,19H2,1-2H3. The van der Waals surface area contributed by atoms with Crippen LogP contribution in [0.2, 0.25) is 0 Å². The van der Waals surface area contributed by atoms with Gasteiger partial charge in [-0.15, -0.1) is 0 Å². The highest BCUT2D eigenvalue weighted by atomic mass is 79.9. The molecule has 0 radical (unpaired) electrons. The molecule has 112 valence electrons. The quantitative estimate of drug-likeness (QED) is 0.887. The Hall–Kier alpha value is -1.59. The van der Waals surface area contributed by atoms with Crippen LogP contribution in [-0.2, 0) is 6.42 Å². The number of benzene rings is 2. The minimum Gasteiger partial charge on any atom is -0.497 e. The topological polar surface area (TPSA) is 44.5 Å². The summed E-state index contributed by atoms with van der Waals surface area (Å²) in [7, 11) is 3.11. The number of ether oxygens (including phenoxy) is 2. The lowest BCUT2D eigenvalue weighted by Gasteiger charge is -2.14. The van der Waals surface area contributed by atoms with E-state index in [9.17, 15) is 4.39 Å². The third-order valence-corrected chi connectivity index (χ3v) is 3.90.